The van der Waals surface area contributed by atoms with Gasteiger partial charge in [0.1, 0.15) is 11.6 Å². The van der Waals surface area contributed by atoms with Gasteiger partial charge in [0.05, 0.1) is 10.9 Å². The molecule has 3 nitrogen and oxygen atoms in total. The van der Waals surface area contributed by atoms with E-state index in [0.29, 0.717) is 17.0 Å². The molecular formula is C23H15FINO2S. The zero-order chi connectivity index (χ0) is 20.0. The lowest BCUT2D eigenvalue weighted by atomic mass is 9.94. The Kier molecular flexibility index (Phi) is 4.83. The number of rotatable bonds is 2. The number of fused-ring (bicyclic) bond motifs is 2. The van der Waals surface area contributed by atoms with Crippen LogP contribution in [0.2, 0.25) is 0 Å². The second kappa shape index (κ2) is 7.50. The second-order valence-electron chi connectivity index (χ2n) is 6.85. The standard InChI is InChI=1S/C23H15FINO2S/c24-18-4-2-1-3-16(18)23-17(9-14-5-7-15(25)11-21(14)29-23)13-6-8-20-19(10-13)26-22(27)12-28-20/h1-11,23H,12H2,(H,26,27). The summed E-state index contributed by atoms with van der Waals surface area (Å²) in [6.07, 6.45) is 2.12. The molecule has 1 amide bonds. The first-order valence-electron chi connectivity index (χ1n) is 9.08. The van der Waals surface area contributed by atoms with Crippen LogP contribution >= 0.6 is 34.4 Å². The smallest absolute Gasteiger partial charge is 0.262 e. The number of nitrogens with one attached hydrogen (secondary N) is 1. The highest BCUT2D eigenvalue weighted by Crippen LogP contribution is 2.51. The van der Waals surface area contributed by atoms with Crippen LogP contribution in [0.15, 0.2) is 65.6 Å². The summed E-state index contributed by atoms with van der Waals surface area (Å²) >= 11 is 3.94. The van der Waals surface area contributed by atoms with Gasteiger partial charge in [0.15, 0.2) is 6.61 Å². The minimum atomic E-state index is -0.223. The van der Waals surface area contributed by atoms with Crippen LogP contribution in [-0.2, 0) is 4.79 Å². The van der Waals surface area contributed by atoms with Crippen molar-refractivity contribution in [2.24, 2.45) is 0 Å². The second-order valence-corrected chi connectivity index (χ2v) is 9.24. The van der Waals surface area contributed by atoms with Crippen LogP contribution in [0.1, 0.15) is 21.9 Å². The molecule has 0 radical (unpaired) electrons. The fraction of sp³-hybridized carbons (Fsp3) is 0.0870. The van der Waals surface area contributed by atoms with Crippen LogP contribution < -0.4 is 10.1 Å². The maximum absolute atomic E-state index is 14.7. The molecule has 0 aromatic heterocycles. The lowest BCUT2D eigenvalue weighted by Crippen LogP contribution is -2.25. The lowest BCUT2D eigenvalue weighted by Gasteiger charge is -2.28. The molecule has 0 fully saturated rings. The molecule has 2 aliphatic heterocycles. The highest BCUT2D eigenvalue weighted by atomic mass is 127. The summed E-state index contributed by atoms with van der Waals surface area (Å²) in [6.45, 7) is 0.0226. The van der Waals surface area contributed by atoms with E-state index in [1.807, 2.05) is 30.3 Å². The third kappa shape index (κ3) is 3.55. The van der Waals surface area contributed by atoms with Gasteiger partial charge < -0.3 is 10.1 Å². The summed E-state index contributed by atoms with van der Waals surface area (Å²) < 4.78 is 21.3. The predicted molar refractivity (Wildman–Crippen MR) is 123 cm³/mol. The van der Waals surface area contributed by atoms with Crippen molar-refractivity contribution in [1.29, 1.82) is 0 Å². The number of amides is 1. The number of hydrogen-bond acceptors (Lipinski definition) is 3. The summed E-state index contributed by atoms with van der Waals surface area (Å²) in [4.78, 5) is 12.9. The van der Waals surface area contributed by atoms with Gasteiger partial charge in [0, 0.05) is 14.0 Å². The summed E-state index contributed by atoms with van der Waals surface area (Å²) in [7, 11) is 0. The molecule has 1 unspecified atom stereocenters. The van der Waals surface area contributed by atoms with Crippen molar-refractivity contribution in [2.45, 2.75) is 10.1 Å². The van der Waals surface area contributed by atoms with E-state index in [1.165, 1.54) is 6.07 Å². The van der Waals surface area contributed by atoms with Crippen molar-refractivity contribution < 1.29 is 13.9 Å². The van der Waals surface area contributed by atoms with Crippen molar-refractivity contribution >= 4 is 57.6 Å². The monoisotopic (exact) mass is 515 g/mol. The number of hydrogen-bond donors (Lipinski definition) is 1. The molecule has 2 heterocycles. The molecular weight excluding hydrogens is 500 g/mol. The molecule has 3 aromatic rings. The number of halogens is 2. The number of carbonyl (C=O) groups is 1. The summed E-state index contributed by atoms with van der Waals surface area (Å²) in [5.41, 5.74) is 4.32. The van der Waals surface area contributed by atoms with E-state index in [-0.39, 0.29) is 23.6 Å². The molecule has 0 spiro atoms. The molecule has 144 valence electrons. The third-order valence-corrected chi connectivity index (χ3v) is 6.97. The normalized spacial score (nSPS) is 17.5. The molecule has 0 bridgehead atoms. The fourth-order valence-corrected chi connectivity index (χ4v) is 5.64. The maximum atomic E-state index is 14.7. The maximum Gasteiger partial charge on any atom is 0.262 e. The first-order valence-corrected chi connectivity index (χ1v) is 11.0. The molecule has 1 atom stereocenters. The highest BCUT2D eigenvalue weighted by Gasteiger charge is 2.28. The van der Waals surface area contributed by atoms with E-state index >= 15 is 0 Å². The SMILES string of the molecule is O=C1COc2ccc(C3=Cc4ccc(I)cc4SC3c3ccccc3F)cc2N1. The number of carbonyl (C=O) groups excluding carboxylic acids is 1. The van der Waals surface area contributed by atoms with Crippen LogP contribution in [0, 0.1) is 9.39 Å². The third-order valence-electron chi connectivity index (χ3n) is 4.95. The Balaban J connectivity index is 1.66. The molecule has 1 N–H and O–H groups in total. The number of anilines is 1. The van der Waals surface area contributed by atoms with Crippen molar-refractivity contribution in [2.75, 3.05) is 11.9 Å². The van der Waals surface area contributed by atoms with Crippen molar-refractivity contribution in [3.05, 3.63) is 86.7 Å². The Morgan fingerprint density at radius 3 is 2.83 bits per heavy atom. The van der Waals surface area contributed by atoms with E-state index in [4.69, 9.17) is 4.74 Å². The number of benzene rings is 3. The first-order chi connectivity index (χ1) is 14.1. The zero-order valence-electron chi connectivity index (χ0n) is 15.1. The topological polar surface area (TPSA) is 38.3 Å². The van der Waals surface area contributed by atoms with E-state index in [9.17, 15) is 9.18 Å². The van der Waals surface area contributed by atoms with E-state index < -0.39 is 0 Å². The van der Waals surface area contributed by atoms with Crippen molar-refractivity contribution in [3.63, 3.8) is 0 Å². The van der Waals surface area contributed by atoms with Crippen molar-refractivity contribution in [3.8, 4) is 5.75 Å². The van der Waals surface area contributed by atoms with Crippen LogP contribution in [0.25, 0.3) is 11.6 Å². The Morgan fingerprint density at radius 2 is 1.97 bits per heavy atom. The van der Waals surface area contributed by atoms with Gasteiger partial charge in [-0.05, 0) is 75.7 Å². The molecule has 2 aliphatic rings. The molecule has 3 aromatic carbocycles. The molecule has 0 saturated heterocycles. The van der Waals surface area contributed by atoms with Gasteiger partial charge in [-0.3, -0.25) is 4.79 Å². The molecule has 29 heavy (non-hydrogen) atoms. The van der Waals surface area contributed by atoms with E-state index in [2.05, 4.69) is 52.2 Å². The summed E-state index contributed by atoms with van der Waals surface area (Å²) in [5.74, 6) is 0.251. The van der Waals surface area contributed by atoms with Gasteiger partial charge in [-0.2, -0.15) is 0 Å². The van der Waals surface area contributed by atoms with Gasteiger partial charge in [-0.25, -0.2) is 4.39 Å². The Bertz CT molecular complexity index is 1180. The summed E-state index contributed by atoms with van der Waals surface area (Å²) in [6, 6.07) is 18.9. The Morgan fingerprint density at radius 1 is 1.10 bits per heavy atom. The minimum absolute atomic E-state index is 0.0226. The van der Waals surface area contributed by atoms with Crippen LogP contribution in [-0.4, -0.2) is 12.5 Å². The molecule has 0 aliphatic carbocycles. The largest absolute Gasteiger partial charge is 0.482 e. The molecule has 5 rings (SSSR count). The van der Waals surface area contributed by atoms with Gasteiger partial charge in [-0.15, -0.1) is 11.8 Å². The average Bonchev–Trinajstić information content (AvgIpc) is 2.72. The van der Waals surface area contributed by atoms with Gasteiger partial charge in [-0.1, -0.05) is 30.3 Å². The van der Waals surface area contributed by atoms with Gasteiger partial charge in [0.2, 0.25) is 0 Å². The van der Waals surface area contributed by atoms with Crippen LogP contribution in [0.3, 0.4) is 0 Å². The molecule has 6 heteroatoms. The van der Waals surface area contributed by atoms with E-state index in [1.54, 1.807) is 17.8 Å². The zero-order valence-corrected chi connectivity index (χ0v) is 18.1. The quantitative estimate of drug-likeness (QED) is 0.417. The predicted octanol–water partition coefficient (Wildman–Crippen LogP) is 6.15. The lowest BCUT2D eigenvalue weighted by molar-refractivity contribution is -0.118. The summed E-state index contributed by atoms with van der Waals surface area (Å²) in [5, 5.41) is 2.66. The Hall–Kier alpha value is -2.32. The fourth-order valence-electron chi connectivity index (χ4n) is 3.58. The molecule has 0 saturated carbocycles. The van der Waals surface area contributed by atoms with Crippen LogP contribution in [0.4, 0.5) is 10.1 Å². The Labute approximate surface area is 185 Å². The van der Waals surface area contributed by atoms with E-state index in [0.717, 1.165) is 25.2 Å². The highest BCUT2D eigenvalue weighted by molar-refractivity contribution is 14.1. The number of ether oxygens (including phenoxy) is 1. The van der Waals surface area contributed by atoms with Gasteiger partial charge in [0.25, 0.3) is 5.91 Å². The minimum Gasteiger partial charge on any atom is -0.482 e. The van der Waals surface area contributed by atoms with Crippen molar-refractivity contribution in [1.82, 2.24) is 0 Å². The average molecular weight is 515 g/mol. The first kappa shape index (κ1) is 18.7. The van der Waals surface area contributed by atoms with Gasteiger partial charge >= 0.3 is 0 Å². The number of thioether (sulfide) groups is 1. The van der Waals surface area contributed by atoms with Crippen LogP contribution in [0.5, 0.6) is 5.75 Å².